The van der Waals surface area contributed by atoms with Crippen LogP contribution >= 0.6 is 34.8 Å². The van der Waals surface area contributed by atoms with Crippen molar-refractivity contribution in [3.63, 3.8) is 0 Å². The van der Waals surface area contributed by atoms with Crippen molar-refractivity contribution in [2.75, 3.05) is 6.61 Å². The number of carbonyl (C=O) groups is 1. The molecule has 0 aromatic heterocycles. The molecular formula is C9H14Cl3O4Si. The van der Waals surface area contributed by atoms with Crippen molar-refractivity contribution in [1.29, 1.82) is 0 Å². The molecule has 8 heteroatoms. The molecule has 0 bridgehead atoms. The van der Waals surface area contributed by atoms with Crippen molar-refractivity contribution >= 4 is 55.3 Å². The molecule has 0 spiro atoms. The minimum Gasteiger partial charge on any atom is -0.458 e. The zero-order valence-electron chi connectivity index (χ0n) is 9.76. The van der Waals surface area contributed by atoms with Crippen LogP contribution < -0.4 is 0 Å². The van der Waals surface area contributed by atoms with Crippen molar-refractivity contribution in [3.8, 4) is 0 Å². The summed E-state index contributed by atoms with van der Waals surface area (Å²) in [5.74, 6) is -0.720. The predicted octanol–water partition coefficient (Wildman–Crippen LogP) is 2.69. The number of esters is 1. The lowest BCUT2D eigenvalue weighted by Crippen LogP contribution is -2.36. The molecule has 1 radical (unpaired) electrons. The van der Waals surface area contributed by atoms with Crippen LogP contribution in [0.3, 0.4) is 0 Å². The zero-order chi connectivity index (χ0) is 13.7. The molecule has 99 valence electrons. The standard InChI is InChI=1S/C9H14Cl3O4Si/c1-17(2,3)4-7(16-6-13)8(14)15-5-9(10,11)12/h7H,4-5H2,1-3H3. The monoisotopic (exact) mass is 319 g/mol. The molecule has 0 N–H and O–H groups in total. The summed E-state index contributed by atoms with van der Waals surface area (Å²) in [4.78, 5) is 21.8. The second-order valence-electron chi connectivity index (χ2n) is 4.68. The molecule has 0 aliphatic heterocycles. The van der Waals surface area contributed by atoms with E-state index in [9.17, 15) is 9.59 Å². The van der Waals surface area contributed by atoms with Crippen LogP contribution in [0.1, 0.15) is 0 Å². The van der Waals surface area contributed by atoms with E-state index in [1.165, 1.54) is 6.47 Å². The van der Waals surface area contributed by atoms with Gasteiger partial charge in [-0.2, -0.15) is 0 Å². The molecule has 0 aliphatic rings. The second-order valence-corrected chi connectivity index (χ2v) is 12.7. The van der Waals surface area contributed by atoms with Crippen LogP contribution in [0, 0.1) is 0 Å². The van der Waals surface area contributed by atoms with Crippen molar-refractivity contribution in [1.82, 2.24) is 0 Å². The van der Waals surface area contributed by atoms with Crippen LogP contribution in [0.2, 0.25) is 25.7 Å². The highest BCUT2D eigenvalue weighted by Gasteiger charge is 2.31. The Hall–Kier alpha value is 0.0269. The fraction of sp³-hybridized carbons (Fsp3) is 0.778. The minimum atomic E-state index is -1.68. The Morgan fingerprint density at radius 1 is 1.35 bits per heavy atom. The molecule has 0 saturated heterocycles. The molecule has 0 fully saturated rings. The van der Waals surface area contributed by atoms with Gasteiger partial charge >= 0.3 is 12.4 Å². The predicted molar refractivity (Wildman–Crippen MR) is 70.0 cm³/mol. The second kappa shape index (κ2) is 6.83. The summed E-state index contributed by atoms with van der Waals surface area (Å²) in [6, 6.07) is 0.431. The topological polar surface area (TPSA) is 52.6 Å². The third-order valence-electron chi connectivity index (χ3n) is 1.63. The van der Waals surface area contributed by atoms with E-state index in [0.717, 1.165) is 0 Å². The number of ether oxygens (including phenoxy) is 2. The van der Waals surface area contributed by atoms with Gasteiger partial charge in [0.1, 0.15) is 6.61 Å². The van der Waals surface area contributed by atoms with Gasteiger partial charge in [0.25, 0.3) is 0 Å². The zero-order valence-corrected chi connectivity index (χ0v) is 13.0. The number of carbonyl (C=O) groups excluding carboxylic acids is 2. The molecule has 1 atom stereocenters. The molecule has 0 amide bonds. The smallest absolute Gasteiger partial charge is 0.418 e. The van der Waals surface area contributed by atoms with E-state index in [-0.39, 0.29) is 6.61 Å². The maximum Gasteiger partial charge on any atom is 0.418 e. The van der Waals surface area contributed by atoms with E-state index >= 15 is 0 Å². The first-order valence-electron chi connectivity index (χ1n) is 4.81. The number of hydrogen-bond acceptors (Lipinski definition) is 4. The lowest BCUT2D eigenvalue weighted by Gasteiger charge is -2.22. The van der Waals surface area contributed by atoms with E-state index in [1.54, 1.807) is 0 Å². The lowest BCUT2D eigenvalue weighted by atomic mass is 10.4. The number of alkyl halides is 3. The Morgan fingerprint density at radius 2 is 1.88 bits per heavy atom. The lowest BCUT2D eigenvalue weighted by molar-refractivity contribution is -0.151. The molecule has 0 rings (SSSR count). The quantitative estimate of drug-likeness (QED) is 0.429. The van der Waals surface area contributed by atoms with E-state index in [0.29, 0.717) is 6.04 Å². The van der Waals surface area contributed by atoms with Gasteiger partial charge in [-0.3, -0.25) is 0 Å². The van der Waals surface area contributed by atoms with Gasteiger partial charge in [-0.25, -0.2) is 9.59 Å². The molecule has 0 heterocycles. The van der Waals surface area contributed by atoms with E-state index < -0.39 is 23.9 Å². The molecule has 0 aromatic carbocycles. The van der Waals surface area contributed by atoms with Crippen LogP contribution in [0.4, 0.5) is 0 Å². The van der Waals surface area contributed by atoms with Crippen LogP contribution in [0.5, 0.6) is 0 Å². The first-order valence-corrected chi connectivity index (χ1v) is 9.65. The Bertz CT molecular complexity index is 272. The summed E-state index contributed by atoms with van der Waals surface area (Å²) in [6.45, 7) is 6.93. The molecule has 0 aliphatic carbocycles. The highest BCUT2D eigenvalue weighted by atomic mass is 35.6. The fourth-order valence-corrected chi connectivity index (χ4v) is 2.56. The Kier molecular flexibility index (Phi) is 6.84. The average Bonchev–Trinajstić information content (AvgIpc) is 2.10. The van der Waals surface area contributed by atoms with Crippen LogP contribution in [-0.2, 0) is 19.1 Å². The van der Waals surface area contributed by atoms with Crippen LogP contribution in [0.15, 0.2) is 0 Å². The van der Waals surface area contributed by atoms with Gasteiger partial charge in [-0.1, -0.05) is 54.4 Å². The highest BCUT2D eigenvalue weighted by molar-refractivity contribution is 6.76. The maximum atomic E-state index is 11.6. The normalized spacial score (nSPS) is 14.0. The Balaban J connectivity index is 4.40. The van der Waals surface area contributed by atoms with E-state index in [2.05, 4.69) is 4.74 Å². The molecule has 4 nitrogen and oxygen atoms in total. The number of rotatable bonds is 6. The maximum absolute atomic E-state index is 11.6. The third-order valence-corrected chi connectivity index (χ3v) is 3.55. The van der Waals surface area contributed by atoms with Crippen LogP contribution in [-0.4, -0.2) is 37.0 Å². The molecule has 1 unspecified atom stereocenters. The molecule has 17 heavy (non-hydrogen) atoms. The minimum absolute atomic E-state index is 0.388. The van der Waals surface area contributed by atoms with Gasteiger partial charge in [0.2, 0.25) is 3.79 Å². The largest absolute Gasteiger partial charge is 0.458 e. The van der Waals surface area contributed by atoms with Crippen molar-refractivity contribution < 1.29 is 19.1 Å². The van der Waals surface area contributed by atoms with Gasteiger partial charge in [-0.05, 0) is 6.04 Å². The van der Waals surface area contributed by atoms with Gasteiger partial charge in [0, 0.05) is 8.07 Å². The number of halogens is 3. The van der Waals surface area contributed by atoms with Crippen molar-refractivity contribution in [2.24, 2.45) is 0 Å². The van der Waals surface area contributed by atoms with Crippen molar-refractivity contribution in [3.05, 3.63) is 0 Å². The van der Waals surface area contributed by atoms with Gasteiger partial charge in [0.05, 0.1) is 0 Å². The van der Waals surface area contributed by atoms with Gasteiger partial charge < -0.3 is 9.47 Å². The summed E-state index contributed by atoms with van der Waals surface area (Å²) in [5.41, 5.74) is 0. The summed E-state index contributed by atoms with van der Waals surface area (Å²) >= 11 is 16.3. The fourth-order valence-electron chi connectivity index (χ4n) is 1.03. The first-order chi connectivity index (χ1) is 7.55. The Labute approximate surface area is 116 Å². The van der Waals surface area contributed by atoms with Gasteiger partial charge in [0.15, 0.2) is 6.10 Å². The third kappa shape index (κ3) is 9.70. The van der Waals surface area contributed by atoms with Crippen LogP contribution in [0.25, 0.3) is 0 Å². The number of hydrogen-bond donors (Lipinski definition) is 0. The average molecular weight is 321 g/mol. The highest BCUT2D eigenvalue weighted by Crippen LogP contribution is 2.26. The molecule has 0 aromatic rings. The molecular weight excluding hydrogens is 307 g/mol. The summed E-state index contributed by atoms with van der Waals surface area (Å²) < 4.78 is 7.64. The van der Waals surface area contributed by atoms with E-state index in [1.807, 2.05) is 19.6 Å². The molecule has 0 saturated carbocycles. The summed E-state index contributed by atoms with van der Waals surface area (Å²) in [7, 11) is -1.60. The van der Waals surface area contributed by atoms with Gasteiger partial charge in [-0.15, -0.1) is 0 Å². The SMILES string of the molecule is C[Si](C)(C)CC(O[C]=O)C(=O)OCC(Cl)(Cl)Cl. The first kappa shape index (κ1) is 17.0. The summed E-state index contributed by atoms with van der Waals surface area (Å²) in [5, 5.41) is 0. The Morgan fingerprint density at radius 3 is 2.24 bits per heavy atom. The summed E-state index contributed by atoms with van der Waals surface area (Å²) in [6.07, 6.45) is -0.980. The van der Waals surface area contributed by atoms with Crippen molar-refractivity contribution in [2.45, 2.75) is 35.6 Å². The van der Waals surface area contributed by atoms with E-state index in [4.69, 9.17) is 39.5 Å².